The molecule has 10 N–H and O–H groups in total. The number of nitrogens with zero attached hydrogens (tertiary/aromatic N) is 2. The largest absolute Gasteiger partial charge is 0.444 e. The molecule has 12 atom stereocenters. The molecule has 0 bridgehead atoms. The van der Waals surface area contributed by atoms with Crippen LogP contribution in [0, 0.1) is 58.2 Å². The van der Waals surface area contributed by atoms with Gasteiger partial charge in [-0.3, -0.25) is 28.8 Å². The van der Waals surface area contributed by atoms with Crippen LogP contribution in [0.15, 0.2) is 0 Å². The number of primary amides is 2. The number of aliphatic hydroxyl groups is 2. The number of fused-ring (bicyclic) bond motifs is 2. The zero-order chi connectivity index (χ0) is 57.4. The van der Waals surface area contributed by atoms with E-state index in [0.717, 1.165) is 103 Å². The Morgan fingerprint density at radius 2 is 0.833 bits per heavy atom. The predicted molar refractivity (Wildman–Crippen MR) is 290 cm³/mol. The first-order valence-corrected chi connectivity index (χ1v) is 29.6. The van der Waals surface area contributed by atoms with Crippen LogP contribution in [-0.4, -0.2) is 140 Å². The van der Waals surface area contributed by atoms with Crippen LogP contribution in [0.5, 0.6) is 0 Å². The van der Waals surface area contributed by atoms with Gasteiger partial charge < -0.3 is 62.2 Å². The van der Waals surface area contributed by atoms with Crippen LogP contribution in [0.1, 0.15) is 185 Å². The molecular weight excluding hydrogens is 1000 g/mol. The molecule has 8 amide bonds. The molecule has 8 rings (SSSR count). The zero-order valence-corrected chi connectivity index (χ0v) is 48.4. The molecule has 0 aromatic carbocycles. The highest BCUT2D eigenvalue weighted by molar-refractivity contribution is 5.95. The normalized spacial score (nSPS) is 28.9. The zero-order valence-electron chi connectivity index (χ0n) is 48.4. The van der Waals surface area contributed by atoms with Gasteiger partial charge in [0.05, 0.1) is 12.1 Å². The number of ether oxygens (including phenoxy) is 2. The number of likely N-dealkylation sites (tertiary alicyclic amines) is 2. The minimum atomic E-state index is -1.49. The Labute approximate surface area is 462 Å². The van der Waals surface area contributed by atoms with Crippen LogP contribution in [0.4, 0.5) is 9.59 Å². The summed E-state index contributed by atoms with van der Waals surface area (Å²) in [5, 5.41) is 32.6. The molecule has 0 radical (unpaired) electrons. The van der Waals surface area contributed by atoms with Gasteiger partial charge in [0.2, 0.25) is 35.4 Å². The second kappa shape index (κ2) is 24.2. The van der Waals surface area contributed by atoms with Crippen LogP contribution in [0.25, 0.3) is 0 Å². The molecule has 20 nitrogen and oxygen atoms in total. The number of carbonyl (C=O) groups excluding carboxylic acids is 8. The number of hydrogen-bond acceptors (Lipinski definition) is 12. The fraction of sp³-hybridized carbons (Fsp3) is 0.862. The third kappa shape index (κ3) is 14.2. The maximum Gasteiger partial charge on any atom is 0.408 e. The summed E-state index contributed by atoms with van der Waals surface area (Å²) in [6, 6.07) is -4.64. The third-order valence-electron chi connectivity index (χ3n) is 19.3. The monoisotopic (exact) mass is 1100 g/mol. The van der Waals surface area contributed by atoms with Gasteiger partial charge >= 0.3 is 12.2 Å². The highest BCUT2D eigenvalue weighted by Gasteiger charge is 2.71. The number of nitrogens with one attached hydrogen (secondary N) is 4. The van der Waals surface area contributed by atoms with E-state index >= 15 is 0 Å². The molecule has 2 aliphatic heterocycles. The Balaban J connectivity index is 0.000000226. The molecule has 0 aromatic heterocycles. The van der Waals surface area contributed by atoms with E-state index in [2.05, 4.69) is 49.0 Å². The summed E-state index contributed by atoms with van der Waals surface area (Å²) < 4.78 is 11.0. The lowest BCUT2D eigenvalue weighted by Crippen LogP contribution is -2.60. The van der Waals surface area contributed by atoms with Crippen molar-refractivity contribution in [2.45, 2.75) is 244 Å². The van der Waals surface area contributed by atoms with Crippen molar-refractivity contribution in [1.82, 2.24) is 31.1 Å². The maximum atomic E-state index is 14.2. The summed E-state index contributed by atoms with van der Waals surface area (Å²) in [6.07, 6.45) is 12.3. The van der Waals surface area contributed by atoms with E-state index in [1.807, 2.05) is 0 Å². The molecule has 440 valence electrons. The van der Waals surface area contributed by atoms with E-state index in [4.69, 9.17) is 20.9 Å². The van der Waals surface area contributed by atoms with Crippen LogP contribution in [0.2, 0.25) is 0 Å². The molecule has 78 heavy (non-hydrogen) atoms. The molecule has 8 fully saturated rings. The topological polar surface area (TPSA) is 302 Å². The van der Waals surface area contributed by atoms with Crippen molar-refractivity contribution in [2.75, 3.05) is 13.1 Å². The number of piperidine rings is 2. The van der Waals surface area contributed by atoms with Gasteiger partial charge in [0.1, 0.15) is 35.4 Å². The molecule has 8 aliphatic rings. The van der Waals surface area contributed by atoms with Crippen molar-refractivity contribution in [3.63, 3.8) is 0 Å². The summed E-state index contributed by atoms with van der Waals surface area (Å²) in [4.78, 5) is 109. The Hall–Kier alpha value is -4.72. The number of hydrogen-bond donors (Lipinski definition) is 8. The van der Waals surface area contributed by atoms with Gasteiger partial charge in [-0.05, 0) is 138 Å². The van der Waals surface area contributed by atoms with Crippen LogP contribution in [-0.2, 0) is 38.2 Å². The summed E-state index contributed by atoms with van der Waals surface area (Å²) in [5.41, 5.74) is 9.20. The van der Waals surface area contributed by atoms with Gasteiger partial charge in [-0.25, -0.2) is 9.59 Å². The number of alkyl carbamates (subject to hydrolysis) is 2. The number of amides is 8. The molecule has 8 unspecified atom stereocenters. The van der Waals surface area contributed by atoms with E-state index in [1.54, 1.807) is 51.3 Å². The lowest BCUT2D eigenvalue weighted by atomic mass is 9.79. The first-order valence-electron chi connectivity index (χ1n) is 29.6. The fourth-order valence-electron chi connectivity index (χ4n) is 14.2. The first-order chi connectivity index (χ1) is 36.4. The number of carbonyl (C=O) groups is 8. The van der Waals surface area contributed by atoms with E-state index in [9.17, 15) is 48.6 Å². The highest BCUT2D eigenvalue weighted by atomic mass is 16.6. The highest BCUT2D eigenvalue weighted by Crippen LogP contribution is 2.66. The maximum absolute atomic E-state index is 14.2. The summed E-state index contributed by atoms with van der Waals surface area (Å²) >= 11 is 0. The van der Waals surface area contributed by atoms with Crippen molar-refractivity contribution in [3.8, 4) is 0 Å². The van der Waals surface area contributed by atoms with E-state index in [0.29, 0.717) is 37.8 Å². The molecule has 2 saturated heterocycles. The van der Waals surface area contributed by atoms with E-state index in [1.165, 1.54) is 0 Å². The lowest BCUT2D eigenvalue weighted by Gasteiger charge is -2.38. The molecule has 20 heteroatoms. The second-order valence-electron chi connectivity index (χ2n) is 27.8. The van der Waals surface area contributed by atoms with Gasteiger partial charge in [0, 0.05) is 13.1 Å². The van der Waals surface area contributed by atoms with Crippen molar-refractivity contribution in [1.29, 1.82) is 0 Å². The summed E-state index contributed by atoms with van der Waals surface area (Å²) in [6.45, 7) is 19.9. The minimum Gasteiger partial charge on any atom is -0.444 e. The third-order valence-corrected chi connectivity index (χ3v) is 19.3. The van der Waals surface area contributed by atoms with Crippen LogP contribution < -0.4 is 32.7 Å². The Bertz CT molecular complexity index is 2060. The van der Waals surface area contributed by atoms with Crippen molar-refractivity contribution in [2.24, 2.45) is 69.6 Å². The summed E-state index contributed by atoms with van der Waals surface area (Å²) in [5.74, 6) is -2.17. The smallest absolute Gasteiger partial charge is 0.408 e. The molecular formula is C58H96N8O12. The SMILES string of the molecule is CC(C)(C)OC(=O)N[C@H](C(=O)N1CC2C([C@H]1C(=O)NC(CC1CCC1)C(O)C(N)=O)C2(C)C)C1CCCCC1.CC(C)(C)OC(=O)N[C@H](C(=O)N1CC2C([C@H]1C(=O)NC(CC1CCC1)C(O)C(N)=O)C2(C)C)C1CCCCC1. The van der Waals surface area contributed by atoms with Crippen molar-refractivity contribution >= 4 is 47.6 Å². The first kappa shape index (κ1) is 60.9. The van der Waals surface area contributed by atoms with Crippen LogP contribution >= 0.6 is 0 Å². The van der Waals surface area contributed by atoms with Crippen LogP contribution in [0.3, 0.4) is 0 Å². The molecule has 6 aliphatic carbocycles. The van der Waals surface area contributed by atoms with Gasteiger partial charge in [-0.2, -0.15) is 0 Å². The number of nitrogens with two attached hydrogens (primary N) is 2. The minimum absolute atomic E-state index is 0.0320. The van der Waals surface area contributed by atoms with Gasteiger partial charge in [-0.1, -0.05) is 105 Å². The van der Waals surface area contributed by atoms with Gasteiger partial charge in [0.15, 0.2) is 12.2 Å². The second-order valence-corrected chi connectivity index (χ2v) is 27.8. The van der Waals surface area contributed by atoms with Crippen molar-refractivity contribution < 1.29 is 58.0 Å². The predicted octanol–water partition coefficient (Wildman–Crippen LogP) is 4.93. The number of rotatable bonds is 18. The van der Waals surface area contributed by atoms with Gasteiger partial charge in [-0.15, -0.1) is 0 Å². The average molecular weight is 1100 g/mol. The molecule has 6 saturated carbocycles. The quantitative estimate of drug-likeness (QED) is 0.0907. The van der Waals surface area contributed by atoms with Gasteiger partial charge in [0.25, 0.3) is 0 Å². The molecule has 0 spiro atoms. The van der Waals surface area contributed by atoms with Crippen molar-refractivity contribution in [3.05, 3.63) is 0 Å². The Morgan fingerprint density at radius 3 is 1.10 bits per heavy atom. The van der Waals surface area contributed by atoms with E-state index < -0.39 is 83.7 Å². The summed E-state index contributed by atoms with van der Waals surface area (Å²) in [7, 11) is 0. The Kier molecular flexibility index (Phi) is 18.9. The lowest BCUT2D eigenvalue weighted by molar-refractivity contribution is -0.144. The average Bonchev–Trinajstić information content (AvgIpc) is 3.90. The van der Waals surface area contributed by atoms with E-state index in [-0.39, 0.29) is 70.0 Å². The molecule has 2 heterocycles. The standard InChI is InChI=1S/2C29H48N4O6/c2*1-28(2,3)39-27(38)32-21(17-12-7-6-8-13-17)26(37)33-15-18-20(29(18,4)5)22(33)25(36)31-19(23(34)24(30)35)14-16-10-9-11-16/h2*16-23,34H,6-15H2,1-5H3,(H2,30,35)(H,31,36)(H,32,38)/t2*18?,19?,20?,21-,22-,23?/m00/s1. The number of aliphatic hydroxyl groups excluding tert-OH is 2. The molecule has 0 aromatic rings. The fourth-order valence-corrected chi connectivity index (χ4v) is 14.2. The Morgan fingerprint density at radius 1 is 0.513 bits per heavy atom.